The van der Waals surface area contributed by atoms with Crippen LogP contribution in [0.2, 0.25) is 0 Å². The fraction of sp³-hybridized carbons (Fsp3) is 0.500. The van der Waals surface area contributed by atoms with Gasteiger partial charge in [0, 0.05) is 50.7 Å². The first kappa shape index (κ1) is 25.3. The number of hydrogen-bond donors (Lipinski definition) is 1. The van der Waals surface area contributed by atoms with Crippen LogP contribution in [0.25, 0.3) is 0 Å². The first-order valence-electron chi connectivity index (χ1n) is 10.2. The molecular weight excluding hydrogens is 472 g/mol. The topological polar surface area (TPSA) is 91.4 Å². The molecule has 2 aromatic heterocycles. The number of H-pyrrole nitrogens is 1. The van der Waals surface area contributed by atoms with Crippen molar-refractivity contribution < 1.29 is 35.9 Å². The number of ether oxygens (including phenoxy) is 1. The third-order valence-corrected chi connectivity index (χ3v) is 5.20. The van der Waals surface area contributed by atoms with Crippen LogP contribution in [0.3, 0.4) is 0 Å². The van der Waals surface area contributed by atoms with E-state index in [1.165, 1.54) is 11.8 Å². The third kappa shape index (κ3) is 5.97. The summed E-state index contributed by atoms with van der Waals surface area (Å²) in [6.07, 6.45) is -8.37. The van der Waals surface area contributed by atoms with Gasteiger partial charge in [0.1, 0.15) is 11.7 Å². The molecule has 2 aromatic rings. The Hall–Kier alpha value is -3.32. The SMILES string of the molecule is C[C@@H]1CN(C(=O)O[C@@H](C)Cc2c[nH]c(=O)c(C(F)(F)F)c2)CCN1c1ncc(C(F)(F)F)cn1. The number of anilines is 1. The number of aromatic amines is 1. The van der Waals surface area contributed by atoms with Crippen LogP contribution in [-0.2, 0) is 23.5 Å². The lowest BCUT2D eigenvalue weighted by Crippen LogP contribution is -2.54. The number of halogens is 6. The predicted octanol–water partition coefficient (Wildman–Crippen LogP) is 3.48. The molecule has 2 atom stereocenters. The van der Waals surface area contributed by atoms with Gasteiger partial charge in [-0.1, -0.05) is 0 Å². The number of piperazine rings is 1. The number of aromatic nitrogens is 3. The second-order valence-corrected chi connectivity index (χ2v) is 7.90. The fourth-order valence-electron chi connectivity index (χ4n) is 3.51. The molecule has 3 rings (SSSR count). The maximum Gasteiger partial charge on any atom is 0.421 e. The van der Waals surface area contributed by atoms with Crippen molar-refractivity contribution >= 4 is 12.0 Å². The summed E-state index contributed by atoms with van der Waals surface area (Å²) >= 11 is 0. The summed E-state index contributed by atoms with van der Waals surface area (Å²) in [5.74, 6) is 0.0976. The highest BCUT2D eigenvalue weighted by Crippen LogP contribution is 2.29. The minimum atomic E-state index is -4.81. The number of alkyl halides is 6. The Bertz CT molecular complexity index is 1070. The Labute approximate surface area is 189 Å². The van der Waals surface area contributed by atoms with Gasteiger partial charge in [-0.25, -0.2) is 14.8 Å². The molecule has 0 unspecified atom stereocenters. The zero-order chi connectivity index (χ0) is 25.3. The van der Waals surface area contributed by atoms with Crippen LogP contribution in [0.1, 0.15) is 30.5 Å². The smallest absolute Gasteiger partial charge is 0.421 e. The van der Waals surface area contributed by atoms with Crippen LogP contribution in [0.4, 0.5) is 37.1 Å². The molecular formula is C20H21F6N5O3. The summed E-state index contributed by atoms with van der Waals surface area (Å²) in [5.41, 5.74) is -3.42. The standard InChI is InChI=1S/C20H21F6N5O3/c1-11-10-30(3-4-31(11)17-28-8-14(9-29-17)19(21,22)23)18(33)34-12(2)5-13-6-15(20(24,25)26)16(32)27-7-13/h6-9,11-12H,3-5,10H2,1-2H3,(H,27,32)/t11-,12+/m1/s1. The average molecular weight is 493 g/mol. The largest absolute Gasteiger partial charge is 0.446 e. The molecule has 1 saturated heterocycles. The van der Waals surface area contributed by atoms with Gasteiger partial charge in [-0.05, 0) is 25.5 Å². The Morgan fingerprint density at radius 3 is 2.38 bits per heavy atom. The van der Waals surface area contributed by atoms with Crippen molar-refractivity contribution in [1.82, 2.24) is 19.9 Å². The number of rotatable bonds is 4. The maximum atomic E-state index is 12.9. The van der Waals surface area contributed by atoms with Crippen molar-refractivity contribution in [2.24, 2.45) is 0 Å². The minimum Gasteiger partial charge on any atom is -0.446 e. The molecule has 0 radical (unpaired) electrons. The highest BCUT2D eigenvalue weighted by molar-refractivity contribution is 5.68. The second kappa shape index (κ2) is 9.50. The summed E-state index contributed by atoms with van der Waals surface area (Å²) in [6, 6.07) is 0.385. The average Bonchev–Trinajstić information content (AvgIpc) is 2.73. The Morgan fingerprint density at radius 1 is 1.18 bits per heavy atom. The maximum absolute atomic E-state index is 12.9. The molecule has 186 valence electrons. The van der Waals surface area contributed by atoms with Gasteiger partial charge in [0.2, 0.25) is 5.95 Å². The molecule has 1 fully saturated rings. The van der Waals surface area contributed by atoms with Crippen molar-refractivity contribution in [2.45, 2.75) is 44.8 Å². The van der Waals surface area contributed by atoms with Crippen molar-refractivity contribution in [1.29, 1.82) is 0 Å². The van der Waals surface area contributed by atoms with Gasteiger partial charge in [-0.2, -0.15) is 26.3 Å². The number of carbonyl (C=O) groups excluding carboxylic acids is 1. The number of nitrogens with one attached hydrogen (secondary N) is 1. The number of carbonyl (C=O) groups is 1. The monoisotopic (exact) mass is 493 g/mol. The molecule has 0 bridgehead atoms. The van der Waals surface area contributed by atoms with E-state index in [-0.39, 0.29) is 43.6 Å². The third-order valence-electron chi connectivity index (χ3n) is 5.20. The van der Waals surface area contributed by atoms with Gasteiger partial charge in [0.25, 0.3) is 5.56 Å². The van der Waals surface area contributed by atoms with Gasteiger partial charge in [-0.3, -0.25) is 4.79 Å². The molecule has 1 aliphatic heterocycles. The number of hydrogen-bond acceptors (Lipinski definition) is 6. The molecule has 1 aliphatic rings. The fourth-order valence-corrected chi connectivity index (χ4v) is 3.51. The van der Waals surface area contributed by atoms with Crippen LogP contribution in [0.5, 0.6) is 0 Å². The number of amides is 1. The van der Waals surface area contributed by atoms with Gasteiger partial charge in [0.15, 0.2) is 0 Å². The number of pyridine rings is 1. The Kier molecular flexibility index (Phi) is 7.07. The zero-order valence-corrected chi connectivity index (χ0v) is 18.1. The van der Waals surface area contributed by atoms with Crippen LogP contribution in [0, 0.1) is 0 Å². The molecule has 0 aromatic carbocycles. The second-order valence-electron chi connectivity index (χ2n) is 7.90. The summed E-state index contributed by atoms with van der Waals surface area (Å²) in [6.45, 7) is 3.84. The van der Waals surface area contributed by atoms with Crippen molar-refractivity contribution in [3.63, 3.8) is 0 Å². The molecule has 1 amide bonds. The number of nitrogens with zero attached hydrogens (tertiary/aromatic N) is 4. The van der Waals surface area contributed by atoms with E-state index >= 15 is 0 Å². The summed E-state index contributed by atoms with van der Waals surface area (Å²) in [7, 11) is 0. The van der Waals surface area contributed by atoms with Crippen LogP contribution in [0.15, 0.2) is 29.5 Å². The molecule has 34 heavy (non-hydrogen) atoms. The van der Waals surface area contributed by atoms with E-state index < -0.39 is 41.2 Å². The van der Waals surface area contributed by atoms with E-state index in [2.05, 4.69) is 9.97 Å². The van der Waals surface area contributed by atoms with E-state index in [9.17, 15) is 35.9 Å². The van der Waals surface area contributed by atoms with Crippen LogP contribution < -0.4 is 10.5 Å². The molecule has 8 nitrogen and oxygen atoms in total. The lowest BCUT2D eigenvalue weighted by Gasteiger charge is -2.39. The quantitative estimate of drug-likeness (QED) is 0.656. The Morgan fingerprint density at radius 2 is 1.82 bits per heavy atom. The Balaban J connectivity index is 1.57. The van der Waals surface area contributed by atoms with Crippen LogP contribution in [-0.4, -0.2) is 57.7 Å². The van der Waals surface area contributed by atoms with E-state index in [0.717, 1.165) is 6.20 Å². The lowest BCUT2D eigenvalue weighted by molar-refractivity contribution is -0.139. The van der Waals surface area contributed by atoms with Gasteiger partial charge < -0.3 is 19.5 Å². The highest BCUT2D eigenvalue weighted by Gasteiger charge is 2.35. The van der Waals surface area contributed by atoms with Crippen molar-refractivity contribution in [3.05, 3.63) is 51.7 Å². The summed E-state index contributed by atoms with van der Waals surface area (Å²) in [5, 5.41) is 0. The van der Waals surface area contributed by atoms with E-state index in [1.54, 1.807) is 11.8 Å². The van der Waals surface area contributed by atoms with E-state index in [4.69, 9.17) is 4.74 Å². The van der Waals surface area contributed by atoms with Crippen LogP contribution >= 0.6 is 0 Å². The summed E-state index contributed by atoms with van der Waals surface area (Å²) in [4.78, 5) is 36.5. The normalized spacial score (nSPS) is 18.1. The van der Waals surface area contributed by atoms with Crippen molar-refractivity contribution in [3.8, 4) is 0 Å². The molecule has 1 N–H and O–H groups in total. The lowest BCUT2D eigenvalue weighted by atomic mass is 10.1. The summed E-state index contributed by atoms with van der Waals surface area (Å²) < 4.78 is 82.1. The highest BCUT2D eigenvalue weighted by atomic mass is 19.4. The van der Waals surface area contributed by atoms with E-state index in [0.29, 0.717) is 18.5 Å². The first-order chi connectivity index (χ1) is 15.8. The van der Waals surface area contributed by atoms with E-state index in [1.807, 2.05) is 4.98 Å². The molecule has 0 aliphatic carbocycles. The van der Waals surface area contributed by atoms with Gasteiger partial charge >= 0.3 is 18.4 Å². The molecule has 0 saturated carbocycles. The molecule has 0 spiro atoms. The molecule has 3 heterocycles. The van der Waals surface area contributed by atoms with Gasteiger partial charge in [-0.15, -0.1) is 0 Å². The molecule has 14 heteroatoms. The predicted molar refractivity (Wildman–Crippen MR) is 107 cm³/mol. The van der Waals surface area contributed by atoms with Crippen molar-refractivity contribution in [2.75, 3.05) is 24.5 Å². The van der Waals surface area contributed by atoms with Gasteiger partial charge in [0.05, 0.1) is 5.56 Å². The first-order valence-corrected chi connectivity index (χ1v) is 10.2. The minimum absolute atomic E-state index is 0.0550. The zero-order valence-electron chi connectivity index (χ0n) is 18.1.